The molecule has 4 unspecified atom stereocenters. The summed E-state index contributed by atoms with van der Waals surface area (Å²) < 4.78 is 29.0. The number of epoxide rings is 1. The molecular weight excluding hydrogens is 680 g/mol. The molecule has 4 bridgehead atoms. The smallest absolute Gasteiger partial charge is 0.409 e. The van der Waals surface area contributed by atoms with Gasteiger partial charge in [0.15, 0.2) is 12.0 Å². The highest BCUT2D eigenvalue weighted by molar-refractivity contribution is 6.34. The second-order valence-electron chi connectivity index (χ2n) is 13.7. The van der Waals surface area contributed by atoms with Crippen molar-refractivity contribution in [2.75, 3.05) is 25.7 Å². The van der Waals surface area contributed by atoms with E-state index in [1.807, 2.05) is 6.92 Å². The van der Waals surface area contributed by atoms with Gasteiger partial charge in [-0.15, -0.1) is 0 Å². The number of fused-ring (bicyclic) bond motifs is 5. The van der Waals surface area contributed by atoms with Crippen LogP contribution >= 0.6 is 11.6 Å². The summed E-state index contributed by atoms with van der Waals surface area (Å²) in [6.07, 6.45) is -7.51. The number of rotatable bonds is 5. The SMILES string of the molecule is COC1/C=C/C=C(\C)Cc2cc(CO)c(Cl)c(c2)N([C@H]2O[C@H](CO)C(O)C(O)C2O)C(=O)C[C@H](OC)[C@@]2(C)O[C@H]2[C@H](C)[C@@H]2C[C@@]1(O)NC(=O)O2. The molecule has 16 heteroatoms. The zero-order chi connectivity index (χ0) is 36.7. The zero-order valence-electron chi connectivity index (χ0n) is 28.6. The summed E-state index contributed by atoms with van der Waals surface area (Å²) in [4.78, 5) is 28.3. The van der Waals surface area contributed by atoms with Crippen LogP contribution in [0.4, 0.5) is 10.5 Å². The van der Waals surface area contributed by atoms with Crippen molar-refractivity contribution in [3.8, 4) is 0 Å². The Labute approximate surface area is 295 Å². The number of ether oxygens (including phenoxy) is 5. The van der Waals surface area contributed by atoms with E-state index in [1.54, 1.807) is 44.2 Å². The van der Waals surface area contributed by atoms with Gasteiger partial charge in [-0.25, -0.2) is 4.79 Å². The maximum atomic E-state index is 14.5. The van der Waals surface area contributed by atoms with E-state index >= 15 is 0 Å². The van der Waals surface area contributed by atoms with E-state index in [0.717, 1.165) is 10.5 Å². The van der Waals surface area contributed by atoms with Crippen molar-refractivity contribution in [1.82, 2.24) is 5.32 Å². The third-order valence-corrected chi connectivity index (χ3v) is 10.6. The highest BCUT2D eigenvalue weighted by Gasteiger charge is 2.63. The summed E-state index contributed by atoms with van der Waals surface area (Å²) in [6.45, 7) is 4.12. The van der Waals surface area contributed by atoms with Crippen LogP contribution in [0.3, 0.4) is 0 Å². The van der Waals surface area contributed by atoms with Crippen molar-refractivity contribution in [2.45, 2.75) is 113 Å². The van der Waals surface area contributed by atoms with E-state index in [-0.39, 0.29) is 29.1 Å². The second kappa shape index (κ2) is 15.1. The number of aliphatic hydroxyl groups excluding tert-OH is 5. The standard InChI is InChI=1S/C34H47ClN2O13/c1-16-7-6-8-23(46-4)34(45)13-21(49-32(44)36-34)17(2)30-33(3,50-30)24(47-5)12-25(40)37(20-11-18(9-16)10-19(14-38)26(20)35)31-29(43)28(42)27(41)22(15-39)48-31/h6-8,10-11,17,21-24,27-31,38-39,41-43,45H,9,12-15H2,1-5H3,(H,36,44)/b8-6+,16-7+/t17-,21+,22-,23?,24+,27?,28?,29?,30+,31+,33-,34+/m1/s1. The fourth-order valence-electron chi connectivity index (χ4n) is 7.29. The predicted octanol–water partition coefficient (Wildman–Crippen LogP) is 0.425. The molecule has 0 aliphatic carbocycles. The molecule has 5 rings (SSSR count). The van der Waals surface area contributed by atoms with Gasteiger partial charge in [0.25, 0.3) is 0 Å². The van der Waals surface area contributed by atoms with Gasteiger partial charge < -0.3 is 54.3 Å². The van der Waals surface area contributed by atoms with Crippen LogP contribution in [-0.4, -0.2) is 130 Å². The first-order valence-electron chi connectivity index (χ1n) is 16.5. The minimum Gasteiger partial charge on any atom is -0.446 e. The molecule has 50 heavy (non-hydrogen) atoms. The molecule has 0 spiro atoms. The summed E-state index contributed by atoms with van der Waals surface area (Å²) in [7, 11) is 2.80. The Morgan fingerprint density at radius 2 is 1.82 bits per heavy atom. The molecule has 15 nitrogen and oxygen atoms in total. The largest absolute Gasteiger partial charge is 0.446 e. The fraction of sp³-hybridized carbons (Fsp3) is 0.647. The van der Waals surface area contributed by atoms with Crippen LogP contribution in [0.15, 0.2) is 35.9 Å². The van der Waals surface area contributed by atoms with E-state index in [0.29, 0.717) is 12.0 Å². The van der Waals surface area contributed by atoms with E-state index < -0.39 is 97.5 Å². The minimum atomic E-state index is -1.84. The Kier molecular flexibility index (Phi) is 11.7. The van der Waals surface area contributed by atoms with Gasteiger partial charge in [0.05, 0.1) is 42.6 Å². The van der Waals surface area contributed by atoms with Gasteiger partial charge in [-0.2, -0.15) is 0 Å². The number of nitrogens with zero attached hydrogens (tertiary/aromatic N) is 1. The van der Waals surface area contributed by atoms with E-state index in [9.17, 15) is 40.2 Å². The monoisotopic (exact) mass is 726 g/mol. The van der Waals surface area contributed by atoms with Crippen molar-refractivity contribution in [1.29, 1.82) is 0 Å². The molecular formula is C34H47ClN2O13. The number of aliphatic hydroxyl groups is 6. The molecule has 0 aromatic heterocycles. The van der Waals surface area contributed by atoms with Crippen LogP contribution in [0.25, 0.3) is 0 Å². The number of carbonyl (C=O) groups excluding carboxylic acids is 2. The molecule has 278 valence electrons. The number of carbonyl (C=O) groups is 2. The molecule has 0 radical (unpaired) electrons. The first-order chi connectivity index (χ1) is 23.6. The lowest BCUT2D eigenvalue weighted by Gasteiger charge is -2.45. The van der Waals surface area contributed by atoms with Crippen molar-refractivity contribution in [2.24, 2.45) is 5.92 Å². The first kappa shape index (κ1) is 38.6. The average Bonchev–Trinajstić information content (AvgIpc) is 3.77. The molecule has 3 fully saturated rings. The molecule has 4 heterocycles. The molecule has 7 N–H and O–H groups in total. The number of benzene rings is 1. The van der Waals surface area contributed by atoms with Crippen molar-refractivity contribution in [3.05, 3.63) is 52.1 Å². The van der Waals surface area contributed by atoms with Gasteiger partial charge in [-0.3, -0.25) is 15.0 Å². The lowest BCUT2D eigenvalue weighted by molar-refractivity contribution is -0.228. The van der Waals surface area contributed by atoms with E-state index in [2.05, 4.69) is 5.32 Å². The van der Waals surface area contributed by atoms with Crippen molar-refractivity contribution >= 4 is 29.3 Å². The van der Waals surface area contributed by atoms with Gasteiger partial charge in [-0.1, -0.05) is 48.4 Å². The number of alkyl carbamates (subject to hydrolysis) is 1. The number of hydrogen-bond acceptors (Lipinski definition) is 13. The topological polar surface area (TPSA) is 220 Å². The Balaban J connectivity index is 1.64. The lowest BCUT2D eigenvalue weighted by atomic mass is 9.83. The van der Waals surface area contributed by atoms with Crippen LogP contribution in [0, 0.1) is 5.92 Å². The number of anilines is 1. The molecule has 4 aliphatic rings. The van der Waals surface area contributed by atoms with Crippen LogP contribution < -0.4 is 10.2 Å². The van der Waals surface area contributed by atoms with Crippen LogP contribution in [0.2, 0.25) is 5.02 Å². The minimum absolute atomic E-state index is 0.0268. The normalized spacial score (nSPS) is 41.4. The Bertz CT molecular complexity index is 1490. The highest BCUT2D eigenvalue weighted by Crippen LogP contribution is 2.49. The van der Waals surface area contributed by atoms with Crippen molar-refractivity contribution in [3.63, 3.8) is 0 Å². The highest BCUT2D eigenvalue weighted by atomic mass is 35.5. The number of nitrogens with one attached hydrogen (secondary N) is 1. The summed E-state index contributed by atoms with van der Waals surface area (Å²) in [5.41, 5.74) is -1.21. The average molecular weight is 727 g/mol. The Hall–Kier alpha value is -2.67. The van der Waals surface area contributed by atoms with Gasteiger partial charge in [0.1, 0.15) is 42.2 Å². The van der Waals surface area contributed by atoms with E-state index in [4.69, 9.17) is 35.3 Å². The van der Waals surface area contributed by atoms with Gasteiger partial charge in [0, 0.05) is 26.6 Å². The molecule has 4 aliphatic heterocycles. The second-order valence-corrected chi connectivity index (χ2v) is 14.0. The summed E-state index contributed by atoms with van der Waals surface area (Å²) >= 11 is 6.81. The Morgan fingerprint density at radius 3 is 2.46 bits per heavy atom. The van der Waals surface area contributed by atoms with Crippen LogP contribution in [0.1, 0.15) is 44.7 Å². The van der Waals surface area contributed by atoms with Crippen LogP contribution in [0.5, 0.6) is 0 Å². The summed E-state index contributed by atoms with van der Waals surface area (Å²) in [5.74, 6) is -1.18. The maximum Gasteiger partial charge on any atom is 0.409 e. The van der Waals surface area contributed by atoms with Crippen LogP contribution in [-0.2, 0) is 41.5 Å². The van der Waals surface area contributed by atoms with E-state index in [1.165, 1.54) is 14.2 Å². The molecule has 1 aromatic carbocycles. The van der Waals surface area contributed by atoms with Gasteiger partial charge in [-0.05, 0) is 37.5 Å². The van der Waals surface area contributed by atoms with Gasteiger partial charge >= 0.3 is 6.09 Å². The predicted molar refractivity (Wildman–Crippen MR) is 177 cm³/mol. The number of halogens is 1. The number of methoxy groups -OCH3 is 2. The Morgan fingerprint density at radius 1 is 1.10 bits per heavy atom. The molecule has 0 saturated carbocycles. The quantitative estimate of drug-likeness (QED) is 0.205. The van der Waals surface area contributed by atoms with Crippen molar-refractivity contribution < 1.29 is 63.9 Å². The molecule has 2 amide bonds. The third-order valence-electron chi connectivity index (χ3n) is 10.2. The lowest BCUT2D eigenvalue weighted by Crippen LogP contribution is -2.64. The number of hydrogen-bond donors (Lipinski definition) is 7. The molecule has 12 atom stereocenters. The number of amides is 2. The maximum absolute atomic E-state index is 14.5. The number of allylic oxidation sites excluding steroid dienone is 3. The molecule has 3 saturated heterocycles. The zero-order valence-corrected chi connectivity index (χ0v) is 29.3. The third kappa shape index (κ3) is 7.32. The molecule has 1 aromatic rings. The van der Waals surface area contributed by atoms with Gasteiger partial charge in [0.2, 0.25) is 5.91 Å². The fourth-order valence-corrected chi connectivity index (χ4v) is 7.55. The first-order valence-corrected chi connectivity index (χ1v) is 16.8. The summed E-state index contributed by atoms with van der Waals surface area (Å²) in [6, 6.07) is 3.25. The summed E-state index contributed by atoms with van der Waals surface area (Å²) in [5, 5.41) is 66.7.